The Hall–Kier alpha value is -2.20. The van der Waals surface area contributed by atoms with Crippen LogP contribution in [0.25, 0.3) is 11.0 Å². The van der Waals surface area contributed by atoms with Gasteiger partial charge in [-0.25, -0.2) is 9.37 Å². The number of rotatable bonds is 4. The molecule has 1 N–H and O–H groups in total. The van der Waals surface area contributed by atoms with Crippen LogP contribution in [0.15, 0.2) is 42.5 Å². The van der Waals surface area contributed by atoms with Gasteiger partial charge in [0.05, 0.1) is 11.0 Å². The summed E-state index contributed by atoms with van der Waals surface area (Å²) < 4.78 is 16.0. The highest BCUT2D eigenvalue weighted by Gasteiger charge is 2.09. The van der Waals surface area contributed by atoms with Gasteiger partial charge in [0.1, 0.15) is 11.6 Å². The predicted octanol–water partition coefficient (Wildman–Crippen LogP) is 3.02. The third-order valence-electron chi connectivity index (χ3n) is 3.73. The quantitative estimate of drug-likeness (QED) is 0.797. The first-order valence-corrected chi connectivity index (χ1v) is 7.01. The molecule has 108 valence electrons. The van der Waals surface area contributed by atoms with Gasteiger partial charge in [-0.05, 0) is 30.8 Å². The van der Waals surface area contributed by atoms with Crippen LogP contribution in [-0.4, -0.2) is 16.6 Å². The maximum atomic E-state index is 14.0. The molecule has 21 heavy (non-hydrogen) atoms. The van der Waals surface area contributed by atoms with E-state index < -0.39 is 0 Å². The molecule has 0 bridgehead atoms. The first-order chi connectivity index (χ1) is 10.2. The normalized spacial score (nSPS) is 11.2. The van der Waals surface area contributed by atoms with E-state index in [1.807, 2.05) is 50.5 Å². The second-order valence-corrected chi connectivity index (χ2v) is 5.21. The minimum Gasteiger partial charge on any atom is -0.331 e. The summed E-state index contributed by atoms with van der Waals surface area (Å²) in [6.07, 6.45) is 0.627. The zero-order valence-electron chi connectivity index (χ0n) is 12.2. The second kappa shape index (κ2) is 5.66. The van der Waals surface area contributed by atoms with Crippen molar-refractivity contribution in [3.8, 4) is 0 Å². The Bertz CT molecular complexity index is 777. The van der Waals surface area contributed by atoms with Gasteiger partial charge in [0.2, 0.25) is 0 Å². The second-order valence-electron chi connectivity index (χ2n) is 5.21. The number of fused-ring (bicyclic) bond motifs is 1. The standard InChI is InChI=1S/C17H18FN3/c1-19-11-13-8-7-12(9-14(13)18)10-17-20-15-5-3-4-6-16(15)21(17)2/h3-9,19H,10-11H2,1-2H3. The van der Waals surface area contributed by atoms with E-state index in [1.165, 1.54) is 0 Å². The number of halogens is 1. The molecule has 3 rings (SSSR count). The van der Waals surface area contributed by atoms with Crippen LogP contribution in [0.1, 0.15) is 17.0 Å². The lowest BCUT2D eigenvalue weighted by atomic mass is 10.1. The summed E-state index contributed by atoms with van der Waals surface area (Å²) in [4.78, 5) is 4.62. The fraction of sp³-hybridized carbons (Fsp3) is 0.235. The van der Waals surface area contributed by atoms with Gasteiger partial charge in [0, 0.05) is 25.6 Å². The molecule has 3 nitrogen and oxygen atoms in total. The molecule has 2 aromatic carbocycles. The Morgan fingerprint density at radius 3 is 2.71 bits per heavy atom. The number of nitrogens with zero attached hydrogens (tertiary/aromatic N) is 2. The summed E-state index contributed by atoms with van der Waals surface area (Å²) >= 11 is 0. The van der Waals surface area contributed by atoms with Gasteiger partial charge in [0.15, 0.2) is 0 Å². The molecule has 0 saturated heterocycles. The van der Waals surface area contributed by atoms with E-state index in [9.17, 15) is 4.39 Å². The lowest BCUT2D eigenvalue weighted by molar-refractivity contribution is 0.599. The number of benzene rings is 2. The first-order valence-electron chi connectivity index (χ1n) is 7.01. The largest absolute Gasteiger partial charge is 0.331 e. The molecular formula is C17H18FN3. The lowest BCUT2D eigenvalue weighted by Gasteiger charge is -2.06. The van der Waals surface area contributed by atoms with Crippen molar-refractivity contribution in [1.29, 1.82) is 0 Å². The Balaban J connectivity index is 1.91. The molecule has 0 amide bonds. The Kier molecular flexibility index (Phi) is 3.71. The number of imidazole rings is 1. The molecule has 0 radical (unpaired) electrons. The number of hydrogen-bond donors (Lipinski definition) is 1. The van der Waals surface area contributed by atoms with Gasteiger partial charge in [0.25, 0.3) is 0 Å². The molecule has 0 saturated carbocycles. The summed E-state index contributed by atoms with van der Waals surface area (Å²) in [7, 11) is 3.81. The first kappa shape index (κ1) is 13.8. The van der Waals surface area contributed by atoms with E-state index in [-0.39, 0.29) is 5.82 Å². The van der Waals surface area contributed by atoms with Crippen LogP contribution in [0.3, 0.4) is 0 Å². The summed E-state index contributed by atoms with van der Waals surface area (Å²) in [5, 5.41) is 2.96. The van der Waals surface area contributed by atoms with Gasteiger partial charge in [-0.3, -0.25) is 0 Å². The van der Waals surface area contributed by atoms with Gasteiger partial charge in [-0.2, -0.15) is 0 Å². The van der Waals surface area contributed by atoms with Gasteiger partial charge >= 0.3 is 0 Å². The Morgan fingerprint density at radius 2 is 2.00 bits per heavy atom. The number of aromatic nitrogens is 2. The molecule has 0 fully saturated rings. The fourth-order valence-corrected chi connectivity index (χ4v) is 2.57. The van der Waals surface area contributed by atoms with Crippen LogP contribution in [0.4, 0.5) is 4.39 Å². The lowest BCUT2D eigenvalue weighted by Crippen LogP contribution is -2.07. The predicted molar refractivity (Wildman–Crippen MR) is 82.7 cm³/mol. The summed E-state index contributed by atoms with van der Waals surface area (Å²) in [6.45, 7) is 0.540. The molecule has 0 aliphatic heterocycles. The van der Waals surface area contributed by atoms with Gasteiger partial charge < -0.3 is 9.88 Å². The van der Waals surface area contributed by atoms with Crippen molar-refractivity contribution in [3.05, 3.63) is 65.2 Å². The van der Waals surface area contributed by atoms with Crippen molar-refractivity contribution < 1.29 is 4.39 Å². The van der Waals surface area contributed by atoms with Gasteiger partial charge in [-0.15, -0.1) is 0 Å². The molecule has 0 aliphatic carbocycles. The molecule has 0 spiro atoms. The highest BCUT2D eigenvalue weighted by Crippen LogP contribution is 2.18. The van der Waals surface area contributed by atoms with Crippen LogP contribution < -0.4 is 5.32 Å². The number of hydrogen-bond acceptors (Lipinski definition) is 2. The summed E-state index contributed by atoms with van der Waals surface area (Å²) in [6, 6.07) is 13.4. The van der Waals surface area contributed by atoms with E-state index in [0.29, 0.717) is 18.5 Å². The van der Waals surface area contributed by atoms with Crippen molar-refractivity contribution in [2.24, 2.45) is 7.05 Å². The average molecular weight is 283 g/mol. The number of aryl methyl sites for hydroxylation is 1. The van der Waals surface area contributed by atoms with E-state index in [0.717, 1.165) is 22.4 Å². The average Bonchev–Trinajstić information content (AvgIpc) is 2.79. The summed E-state index contributed by atoms with van der Waals surface area (Å²) in [5.74, 6) is 0.776. The molecule has 1 aromatic heterocycles. The van der Waals surface area contributed by atoms with Crippen molar-refractivity contribution in [2.45, 2.75) is 13.0 Å². The van der Waals surface area contributed by atoms with Crippen LogP contribution in [0.2, 0.25) is 0 Å². The highest BCUT2D eigenvalue weighted by molar-refractivity contribution is 5.75. The van der Waals surface area contributed by atoms with E-state index in [1.54, 1.807) is 6.07 Å². The minimum atomic E-state index is -0.166. The van der Waals surface area contributed by atoms with Gasteiger partial charge in [-0.1, -0.05) is 24.3 Å². The minimum absolute atomic E-state index is 0.166. The van der Waals surface area contributed by atoms with Crippen molar-refractivity contribution in [2.75, 3.05) is 7.05 Å². The Morgan fingerprint density at radius 1 is 1.19 bits per heavy atom. The van der Waals surface area contributed by atoms with E-state index in [4.69, 9.17) is 0 Å². The summed E-state index contributed by atoms with van der Waals surface area (Å²) in [5.41, 5.74) is 3.69. The zero-order chi connectivity index (χ0) is 14.8. The monoisotopic (exact) mass is 283 g/mol. The molecule has 1 heterocycles. The van der Waals surface area contributed by atoms with Crippen LogP contribution >= 0.6 is 0 Å². The Labute approximate surface area is 123 Å². The van der Waals surface area contributed by atoms with Crippen LogP contribution in [-0.2, 0) is 20.0 Å². The molecule has 3 aromatic rings. The van der Waals surface area contributed by atoms with Crippen LogP contribution in [0.5, 0.6) is 0 Å². The smallest absolute Gasteiger partial charge is 0.127 e. The van der Waals surface area contributed by atoms with E-state index in [2.05, 4.69) is 14.9 Å². The maximum absolute atomic E-state index is 14.0. The maximum Gasteiger partial charge on any atom is 0.127 e. The third kappa shape index (κ3) is 2.67. The van der Waals surface area contributed by atoms with Crippen molar-refractivity contribution in [3.63, 3.8) is 0 Å². The number of para-hydroxylation sites is 2. The fourth-order valence-electron chi connectivity index (χ4n) is 2.57. The molecular weight excluding hydrogens is 265 g/mol. The molecule has 0 atom stereocenters. The van der Waals surface area contributed by atoms with Crippen molar-refractivity contribution >= 4 is 11.0 Å². The zero-order valence-corrected chi connectivity index (χ0v) is 12.2. The molecule has 0 aliphatic rings. The topological polar surface area (TPSA) is 29.9 Å². The molecule has 4 heteroatoms. The molecule has 0 unspecified atom stereocenters. The van der Waals surface area contributed by atoms with Crippen LogP contribution in [0, 0.1) is 5.82 Å². The van der Waals surface area contributed by atoms with E-state index >= 15 is 0 Å². The highest BCUT2D eigenvalue weighted by atomic mass is 19.1. The SMILES string of the molecule is CNCc1ccc(Cc2nc3ccccc3n2C)cc1F. The number of nitrogens with one attached hydrogen (secondary N) is 1. The third-order valence-corrected chi connectivity index (χ3v) is 3.73. The van der Waals surface area contributed by atoms with Crippen molar-refractivity contribution in [1.82, 2.24) is 14.9 Å².